The summed E-state index contributed by atoms with van der Waals surface area (Å²) in [5.74, 6) is 1.04. The molecule has 7 heteroatoms. The molecule has 0 aliphatic heterocycles. The molecule has 0 unspecified atom stereocenters. The fraction of sp³-hybridized carbons (Fsp3) is 0. The zero-order valence-electron chi connectivity index (χ0n) is 12.4. The van der Waals surface area contributed by atoms with Crippen LogP contribution in [0, 0.1) is 0 Å². The molecule has 0 bridgehead atoms. The highest BCUT2D eigenvalue weighted by Gasteiger charge is 2.08. The van der Waals surface area contributed by atoms with Crippen LogP contribution in [-0.2, 0) is 0 Å². The molecule has 0 aliphatic carbocycles. The molecule has 0 spiro atoms. The van der Waals surface area contributed by atoms with Gasteiger partial charge in [-0.2, -0.15) is 4.52 Å². The van der Waals surface area contributed by atoms with Crippen LogP contribution in [0.4, 0.5) is 5.69 Å². The molecule has 2 N–H and O–H groups in total. The van der Waals surface area contributed by atoms with Gasteiger partial charge < -0.3 is 10.5 Å². The molecular weight excluding hydrogens is 326 g/mol. The second-order valence-electron chi connectivity index (χ2n) is 5.13. The van der Waals surface area contributed by atoms with Gasteiger partial charge in [-0.3, -0.25) is 0 Å². The van der Waals surface area contributed by atoms with E-state index in [-0.39, 0.29) is 5.28 Å². The van der Waals surface area contributed by atoms with E-state index >= 15 is 0 Å². The minimum atomic E-state index is 0.182. The highest BCUT2D eigenvalue weighted by molar-refractivity contribution is 6.28. The Morgan fingerprint density at radius 2 is 1.83 bits per heavy atom. The molecule has 2 aromatic carbocycles. The number of aromatic nitrogens is 4. The lowest BCUT2D eigenvalue weighted by molar-refractivity contribution is 0.452. The number of nitrogen functional groups attached to an aromatic ring is 1. The van der Waals surface area contributed by atoms with Crippen molar-refractivity contribution < 1.29 is 4.74 Å². The van der Waals surface area contributed by atoms with Crippen LogP contribution in [0.3, 0.4) is 0 Å². The standard InChI is InChI=1S/C17H12ClN5O/c18-17-21-20-15-8-9-16(22-23(15)17)24-12-5-3-4-11(10-12)13-6-1-2-7-14(13)19/h1-10H,19H2. The monoisotopic (exact) mass is 337 g/mol. The van der Waals surface area contributed by atoms with E-state index in [9.17, 15) is 0 Å². The summed E-state index contributed by atoms with van der Waals surface area (Å²) in [5, 5.41) is 12.1. The topological polar surface area (TPSA) is 78.3 Å². The summed E-state index contributed by atoms with van der Waals surface area (Å²) in [4.78, 5) is 0. The molecule has 4 aromatic rings. The molecule has 2 heterocycles. The third-order valence-electron chi connectivity index (χ3n) is 3.53. The summed E-state index contributed by atoms with van der Waals surface area (Å²) in [6, 6.07) is 18.8. The van der Waals surface area contributed by atoms with Crippen LogP contribution in [0.25, 0.3) is 16.8 Å². The summed E-state index contributed by atoms with van der Waals surface area (Å²) < 4.78 is 7.24. The van der Waals surface area contributed by atoms with Gasteiger partial charge in [0.1, 0.15) is 5.75 Å². The van der Waals surface area contributed by atoms with Crippen molar-refractivity contribution in [3.8, 4) is 22.8 Å². The number of nitrogens with zero attached hydrogens (tertiary/aromatic N) is 4. The Balaban J connectivity index is 1.68. The van der Waals surface area contributed by atoms with Crippen LogP contribution in [0.15, 0.2) is 60.7 Å². The third-order valence-corrected chi connectivity index (χ3v) is 3.76. The number of nitrogens with two attached hydrogens (primary N) is 1. The molecule has 0 saturated carbocycles. The molecule has 6 nitrogen and oxygen atoms in total. The highest BCUT2D eigenvalue weighted by atomic mass is 35.5. The molecule has 0 atom stereocenters. The molecule has 24 heavy (non-hydrogen) atoms. The number of rotatable bonds is 3. The maximum absolute atomic E-state index is 6.04. The maximum Gasteiger partial charge on any atom is 0.246 e. The Bertz CT molecular complexity index is 1030. The van der Waals surface area contributed by atoms with Crippen LogP contribution in [0.2, 0.25) is 5.28 Å². The molecule has 0 radical (unpaired) electrons. The summed E-state index contributed by atoms with van der Waals surface area (Å²) in [6.07, 6.45) is 0. The molecular formula is C17H12ClN5O. The van der Waals surface area contributed by atoms with Gasteiger partial charge in [0.25, 0.3) is 0 Å². The SMILES string of the molecule is Nc1ccccc1-c1cccc(Oc2ccc3nnc(Cl)n3n2)c1. The molecule has 4 rings (SSSR count). The van der Waals surface area contributed by atoms with Crippen molar-refractivity contribution >= 4 is 22.9 Å². The fourth-order valence-corrected chi connectivity index (χ4v) is 2.57. The lowest BCUT2D eigenvalue weighted by atomic mass is 10.0. The number of hydrogen-bond donors (Lipinski definition) is 1. The zero-order chi connectivity index (χ0) is 16.5. The summed E-state index contributed by atoms with van der Waals surface area (Å²) in [7, 11) is 0. The van der Waals surface area contributed by atoms with Crippen LogP contribution in [0.1, 0.15) is 0 Å². The summed E-state index contributed by atoms with van der Waals surface area (Å²) in [5.41, 5.74) is 9.22. The van der Waals surface area contributed by atoms with Gasteiger partial charge in [-0.05, 0) is 41.4 Å². The van der Waals surface area contributed by atoms with Gasteiger partial charge in [0, 0.05) is 17.3 Å². The van der Waals surface area contributed by atoms with Gasteiger partial charge in [-0.15, -0.1) is 15.3 Å². The highest BCUT2D eigenvalue weighted by Crippen LogP contribution is 2.30. The molecule has 118 valence electrons. The van der Waals surface area contributed by atoms with Crippen LogP contribution in [0.5, 0.6) is 11.6 Å². The summed E-state index contributed by atoms with van der Waals surface area (Å²) >= 11 is 5.93. The van der Waals surface area contributed by atoms with E-state index in [1.54, 1.807) is 12.1 Å². The normalized spacial score (nSPS) is 10.9. The van der Waals surface area contributed by atoms with Crippen molar-refractivity contribution in [2.24, 2.45) is 0 Å². The minimum absolute atomic E-state index is 0.182. The van der Waals surface area contributed by atoms with Crippen LogP contribution >= 0.6 is 11.6 Å². The van der Waals surface area contributed by atoms with E-state index in [0.29, 0.717) is 23.0 Å². The molecule has 0 saturated heterocycles. The minimum Gasteiger partial charge on any atom is -0.438 e. The second-order valence-corrected chi connectivity index (χ2v) is 5.47. The number of benzene rings is 2. The number of halogens is 1. The first-order valence-electron chi connectivity index (χ1n) is 7.21. The Morgan fingerprint density at radius 1 is 0.958 bits per heavy atom. The Hall–Kier alpha value is -3.12. The average Bonchev–Trinajstić information content (AvgIpc) is 2.96. The van der Waals surface area contributed by atoms with E-state index in [1.807, 2.05) is 48.5 Å². The third kappa shape index (κ3) is 2.63. The first kappa shape index (κ1) is 14.5. The van der Waals surface area contributed by atoms with E-state index in [4.69, 9.17) is 22.1 Å². The Kier molecular flexibility index (Phi) is 3.51. The lowest BCUT2D eigenvalue weighted by Crippen LogP contribution is -1.96. The number of ether oxygens (including phenoxy) is 1. The lowest BCUT2D eigenvalue weighted by Gasteiger charge is -2.09. The Morgan fingerprint density at radius 3 is 2.71 bits per heavy atom. The predicted octanol–water partition coefficient (Wildman–Crippen LogP) is 3.82. The molecule has 0 fully saturated rings. The summed E-state index contributed by atoms with van der Waals surface area (Å²) in [6.45, 7) is 0. The zero-order valence-corrected chi connectivity index (χ0v) is 13.2. The first-order valence-corrected chi connectivity index (χ1v) is 7.59. The molecule has 2 aromatic heterocycles. The van der Waals surface area contributed by atoms with Crippen molar-refractivity contribution in [2.45, 2.75) is 0 Å². The first-order chi connectivity index (χ1) is 11.7. The second kappa shape index (κ2) is 5.82. The number of para-hydroxylation sites is 1. The molecule has 0 amide bonds. The fourth-order valence-electron chi connectivity index (χ4n) is 2.41. The van der Waals surface area contributed by atoms with Gasteiger partial charge in [-0.1, -0.05) is 30.3 Å². The van der Waals surface area contributed by atoms with E-state index in [0.717, 1.165) is 11.1 Å². The van der Waals surface area contributed by atoms with E-state index in [2.05, 4.69) is 15.3 Å². The van der Waals surface area contributed by atoms with Crippen molar-refractivity contribution in [3.05, 3.63) is 65.9 Å². The quantitative estimate of drug-likeness (QED) is 0.575. The van der Waals surface area contributed by atoms with E-state index < -0.39 is 0 Å². The van der Waals surface area contributed by atoms with Gasteiger partial charge in [0.05, 0.1) is 0 Å². The van der Waals surface area contributed by atoms with Crippen molar-refractivity contribution in [3.63, 3.8) is 0 Å². The largest absolute Gasteiger partial charge is 0.438 e. The number of anilines is 1. The van der Waals surface area contributed by atoms with Crippen LogP contribution < -0.4 is 10.5 Å². The van der Waals surface area contributed by atoms with Crippen molar-refractivity contribution in [1.82, 2.24) is 19.8 Å². The van der Waals surface area contributed by atoms with Gasteiger partial charge in [0.15, 0.2) is 5.65 Å². The van der Waals surface area contributed by atoms with Gasteiger partial charge in [-0.25, -0.2) is 0 Å². The maximum atomic E-state index is 6.04. The number of hydrogen-bond acceptors (Lipinski definition) is 5. The number of fused-ring (bicyclic) bond motifs is 1. The van der Waals surface area contributed by atoms with Crippen molar-refractivity contribution in [2.75, 3.05) is 5.73 Å². The Labute approximate surface area is 142 Å². The van der Waals surface area contributed by atoms with Crippen molar-refractivity contribution in [1.29, 1.82) is 0 Å². The molecule has 0 aliphatic rings. The van der Waals surface area contributed by atoms with Crippen LogP contribution in [-0.4, -0.2) is 19.8 Å². The smallest absolute Gasteiger partial charge is 0.246 e. The average molecular weight is 338 g/mol. The predicted molar refractivity (Wildman–Crippen MR) is 92.2 cm³/mol. The van der Waals surface area contributed by atoms with Gasteiger partial charge >= 0.3 is 0 Å². The van der Waals surface area contributed by atoms with Gasteiger partial charge in [0.2, 0.25) is 11.2 Å². The van der Waals surface area contributed by atoms with E-state index in [1.165, 1.54) is 4.52 Å².